The predicted molar refractivity (Wildman–Crippen MR) is 73.1 cm³/mol. The van der Waals surface area contributed by atoms with Crippen molar-refractivity contribution in [2.24, 2.45) is 5.92 Å². The molecule has 1 amide bonds. The minimum atomic E-state index is -0.406. The quantitative estimate of drug-likeness (QED) is 0.801. The Kier molecular flexibility index (Phi) is 5.35. The third-order valence-corrected chi connectivity index (χ3v) is 3.39. The summed E-state index contributed by atoms with van der Waals surface area (Å²) in [7, 11) is 1.78. The highest BCUT2D eigenvalue weighted by Gasteiger charge is 2.19. The molecule has 1 aromatic carbocycles. The lowest BCUT2D eigenvalue weighted by molar-refractivity contribution is -0.131. The van der Waals surface area contributed by atoms with Crippen LogP contribution in [0.5, 0.6) is 5.75 Å². The van der Waals surface area contributed by atoms with Gasteiger partial charge in [-0.1, -0.05) is 12.1 Å². The number of ether oxygens (including phenoxy) is 2. The summed E-state index contributed by atoms with van der Waals surface area (Å²) >= 11 is 0. The highest BCUT2D eigenvalue weighted by molar-refractivity contribution is 5.76. The zero-order valence-corrected chi connectivity index (χ0v) is 11.7. The Bertz CT molecular complexity index is 446. The van der Waals surface area contributed by atoms with Crippen LogP contribution < -0.4 is 4.74 Å². The first kappa shape index (κ1) is 14.8. The second-order valence-electron chi connectivity index (χ2n) is 5.03. The van der Waals surface area contributed by atoms with Crippen molar-refractivity contribution in [3.05, 3.63) is 30.1 Å². The van der Waals surface area contributed by atoms with Crippen LogP contribution in [0.1, 0.15) is 12.8 Å². The fourth-order valence-corrected chi connectivity index (χ4v) is 2.22. The molecular weight excluding hydrogens is 261 g/mol. The second kappa shape index (κ2) is 7.24. The number of benzene rings is 1. The molecule has 110 valence electrons. The zero-order valence-electron chi connectivity index (χ0n) is 11.7. The maximum absolute atomic E-state index is 13.3. The van der Waals surface area contributed by atoms with Crippen LogP contribution in [0.3, 0.4) is 0 Å². The van der Waals surface area contributed by atoms with E-state index in [1.165, 1.54) is 6.07 Å². The topological polar surface area (TPSA) is 38.8 Å². The third kappa shape index (κ3) is 4.20. The molecule has 20 heavy (non-hydrogen) atoms. The van der Waals surface area contributed by atoms with Crippen LogP contribution in [0.15, 0.2) is 24.3 Å². The average Bonchev–Trinajstić information content (AvgIpc) is 2.93. The number of carbonyl (C=O) groups is 1. The fourth-order valence-electron chi connectivity index (χ4n) is 2.22. The lowest BCUT2D eigenvalue weighted by atomic mass is 10.1. The van der Waals surface area contributed by atoms with Crippen LogP contribution in [-0.4, -0.2) is 44.2 Å². The molecule has 1 aliphatic rings. The van der Waals surface area contributed by atoms with E-state index in [2.05, 4.69) is 0 Å². The summed E-state index contributed by atoms with van der Waals surface area (Å²) in [5.41, 5.74) is 0. The molecular formula is C15H20FNO3. The Balaban J connectivity index is 1.70. The first-order chi connectivity index (χ1) is 9.66. The summed E-state index contributed by atoms with van der Waals surface area (Å²) in [6.07, 6.45) is 1.25. The van der Waals surface area contributed by atoms with E-state index in [9.17, 15) is 9.18 Å². The molecule has 0 bridgehead atoms. The molecule has 1 atom stereocenters. The third-order valence-electron chi connectivity index (χ3n) is 3.39. The molecule has 0 spiro atoms. The van der Waals surface area contributed by atoms with Crippen molar-refractivity contribution >= 4 is 5.91 Å². The highest BCUT2D eigenvalue weighted by atomic mass is 19.1. The van der Waals surface area contributed by atoms with E-state index in [0.29, 0.717) is 12.5 Å². The van der Waals surface area contributed by atoms with Crippen molar-refractivity contribution in [3.8, 4) is 5.75 Å². The van der Waals surface area contributed by atoms with Gasteiger partial charge in [0.2, 0.25) is 5.91 Å². The van der Waals surface area contributed by atoms with Gasteiger partial charge in [-0.05, 0) is 18.6 Å². The van der Waals surface area contributed by atoms with E-state index in [4.69, 9.17) is 9.47 Å². The van der Waals surface area contributed by atoms with Crippen LogP contribution in [0.25, 0.3) is 0 Å². The van der Waals surface area contributed by atoms with Crippen LogP contribution in [0, 0.1) is 11.7 Å². The molecule has 5 heteroatoms. The molecule has 2 rings (SSSR count). The van der Waals surface area contributed by atoms with E-state index in [1.807, 2.05) is 0 Å². The van der Waals surface area contributed by atoms with E-state index in [-0.39, 0.29) is 24.7 Å². The van der Waals surface area contributed by atoms with Crippen molar-refractivity contribution in [3.63, 3.8) is 0 Å². The summed E-state index contributed by atoms with van der Waals surface area (Å²) in [5, 5.41) is 0. The molecule has 1 fully saturated rings. The van der Waals surface area contributed by atoms with Gasteiger partial charge in [-0.2, -0.15) is 0 Å². The van der Waals surface area contributed by atoms with Gasteiger partial charge in [-0.3, -0.25) is 4.79 Å². The van der Waals surface area contributed by atoms with Crippen molar-refractivity contribution in [2.45, 2.75) is 12.8 Å². The van der Waals surface area contributed by atoms with Gasteiger partial charge >= 0.3 is 0 Å². The summed E-state index contributed by atoms with van der Waals surface area (Å²) in [6.45, 7) is 2.40. The number of hydrogen-bond acceptors (Lipinski definition) is 3. The molecule has 0 saturated carbocycles. The monoisotopic (exact) mass is 281 g/mol. The van der Waals surface area contributed by atoms with Gasteiger partial charge in [0.15, 0.2) is 11.6 Å². The maximum atomic E-state index is 13.3. The zero-order chi connectivity index (χ0) is 14.4. The van der Waals surface area contributed by atoms with Gasteiger partial charge in [-0.15, -0.1) is 0 Å². The van der Waals surface area contributed by atoms with Crippen molar-refractivity contribution in [1.82, 2.24) is 4.90 Å². The molecule has 0 N–H and O–H groups in total. The number of nitrogens with zero attached hydrogens (tertiary/aromatic N) is 1. The largest absolute Gasteiger partial charge is 0.490 e. The SMILES string of the molecule is CN(C[C@@H]1CCOC1)C(=O)CCOc1ccccc1F. The van der Waals surface area contributed by atoms with Crippen LogP contribution >= 0.6 is 0 Å². The standard InChI is InChI=1S/C15H20FNO3/c1-17(10-12-6-8-19-11-12)15(18)7-9-20-14-5-3-2-4-13(14)16/h2-5,12H,6-11H2,1H3/t12-/m0/s1. The van der Waals surface area contributed by atoms with Gasteiger partial charge in [0.1, 0.15) is 0 Å². The maximum Gasteiger partial charge on any atom is 0.225 e. The molecule has 4 nitrogen and oxygen atoms in total. The molecule has 0 aromatic heterocycles. The molecule has 0 unspecified atom stereocenters. The normalized spacial score (nSPS) is 18.0. The molecule has 1 saturated heterocycles. The summed E-state index contributed by atoms with van der Waals surface area (Å²) in [6, 6.07) is 6.19. The lowest BCUT2D eigenvalue weighted by Gasteiger charge is -2.20. The summed E-state index contributed by atoms with van der Waals surface area (Å²) < 4.78 is 23.9. The van der Waals surface area contributed by atoms with E-state index >= 15 is 0 Å². The Labute approximate surface area is 118 Å². The van der Waals surface area contributed by atoms with Crippen molar-refractivity contribution in [1.29, 1.82) is 0 Å². The van der Waals surface area contributed by atoms with Crippen LogP contribution in [-0.2, 0) is 9.53 Å². The van der Waals surface area contributed by atoms with Gasteiger partial charge in [0.25, 0.3) is 0 Å². The summed E-state index contributed by atoms with van der Waals surface area (Å²) in [4.78, 5) is 13.6. The molecule has 0 aliphatic carbocycles. The number of halogens is 1. The molecule has 1 aliphatic heterocycles. The highest BCUT2D eigenvalue weighted by Crippen LogP contribution is 2.16. The predicted octanol–water partition coefficient (Wildman–Crippen LogP) is 2.09. The van der Waals surface area contributed by atoms with E-state index < -0.39 is 5.82 Å². The molecule has 0 radical (unpaired) electrons. The van der Waals surface area contributed by atoms with Gasteiger partial charge in [-0.25, -0.2) is 4.39 Å². The Morgan fingerprint density at radius 1 is 1.50 bits per heavy atom. The minimum absolute atomic E-state index is 0.00763. The summed E-state index contributed by atoms with van der Waals surface area (Å²) in [5.74, 6) is 0.216. The lowest BCUT2D eigenvalue weighted by Crippen LogP contribution is -2.32. The molecule has 1 heterocycles. The Morgan fingerprint density at radius 2 is 2.30 bits per heavy atom. The van der Waals surface area contributed by atoms with Crippen LogP contribution in [0.4, 0.5) is 4.39 Å². The smallest absolute Gasteiger partial charge is 0.225 e. The van der Waals surface area contributed by atoms with Gasteiger partial charge in [0, 0.05) is 26.1 Å². The number of rotatable bonds is 6. The number of amides is 1. The van der Waals surface area contributed by atoms with Gasteiger partial charge < -0.3 is 14.4 Å². The number of hydrogen-bond donors (Lipinski definition) is 0. The average molecular weight is 281 g/mol. The Morgan fingerprint density at radius 3 is 3.00 bits per heavy atom. The van der Waals surface area contributed by atoms with Crippen molar-refractivity contribution < 1.29 is 18.7 Å². The Hall–Kier alpha value is -1.62. The van der Waals surface area contributed by atoms with E-state index in [0.717, 1.165) is 19.6 Å². The first-order valence-electron chi connectivity index (χ1n) is 6.86. The van der Waals surface area contributed by atoms with Crippen LogP contribution in [0.2, 0.25) is 0 Å². The molecule has 1 aromatic rings. The van der Waals surface area contributed by atoms with Crippen molar-refractivity contribution in [2.75, 3.05) is 33.4 Å². The number of para-hydroxylation sites is 1. The fraction of sp³-hybridized carbons (Fsp3) is 0.533. The van der Waals surface area contributed by atoms with E-state index in [1.54, 1.807) is 30.1 Å². The first-order valence-corrected chi connectivity index (χ1v) is 6.86. The number of carbonyl (C=O) groups excluding carboxylic acids is 1. The second-order valence-corrected chi connectivity index (χ2v) is 5.03. The minimum Gasteiger partial charge on any atom is -0.490 e. The van der Waals surface area contributed by atoms with Gasteiger partial charge in [0.05, 0.1) is 19.6 Å².